The predicted molar refractivity (Wildman–Crippen MR) is 154 cm³/mol. The van der Waals surface area contributed by atoms with Crippen molar-refractivity contribution in [3.05, 3.63) is 95.0 Å². The second kappa shape index (κ2) is 14.3. The first-order valence-electron chi connectivity index (χ1n) is 12.5. The van der Waals surface area contributed by atoms with Gasteiger partial charge in [-0.2, -0.15) is 13.2 Å². The van der Waals surface area contributed by atoms with Crippen molar-refractivity contribution < 1.29 is 37.3 Å². The van der Waals surface area contributed by atoms with Gasteiger partial charge in [-0.3, -0.25) is 25.4 Å². The van der Waals surface area contributed by atoms with Crippen LogP contribution in [0.3, 0.4) is 0 Å². The van der Waals surface area contributed by atoms with Crippen LogP contribution in [0.15, 0.2) is 78.1 Å². The summed E-state index contributed by atoms with van der Waals surface area (Å²) in [6, 6.07) is 14.3. The molecule has 2 aliphatic heterocycles. The number of amides is 2. The third-order valence-corrected chi connectivity index (χ3v) is 5.69. The van der Waals surface area contributed by atoms with E-state index in [0.717, 1.165) is 0 Å². The first-order chi connectivity index (χ1) is 20.2. The van der Waals surface area contributed by atoms with E-state index in [4.69, 9.17) is 31.9 Å². The molecule has 5 rings (SSSR count). The summed E-state index contributed by atoms with van der Waals surface area (Å²) in [7, 11) is 0. The van der Waals surface area contributed by atoms with E-state index in [0.29, 0.717) is 39.2 Å². The number of pyridine rings is 1. The molecular weight excluding hydrogens is 593 g/mol. The zero-order valence-corrected chi connectivity index (χ0v) is 23.7. The van der Waals surface area contributed by atoms with Crippen LogP contribution in [0.5, 0.6) is 11.5 Å². The molecular formula is C28H28ClF3N6O5. The fourth-order valence-corrected chi connectivity index (χ4v) is 3.58. The number of hydrogen-bond donors (Lipinski definition) is 5. The number of fused-ring (bicyclic) bond motifs is 5. The van der Waals surface area contributed by atoms with Crippen molar-refractivity contribution in [1.29, 1.82) is 0 Å². The van der Waals surface area contributed by atoms with E-state index in [1.165, 1.54) is 12.3 Å². The van der Waals surface area contributed by atoms with Crippen molar-refractivity contribution in [3.63, 3.8) is 0 Å². The Morgan fingerprint density at radius 2 is 1.84 bits per heavy atom. The minimum atomic E-state index is -4.64. The van der Waals surface area contributed by atoms with Gasteiger partial charge in [-0.1, -0.05) is 24.2 Å². The number of benzene rings is 2. The second-order valence-electron chi connectivity index (χ2n) is 9.09. The van der Waals surface area contributed by atoms with Gasteiger partial charge in [-0.05, 0) is 67.9 Å². The van der Waals surface area contributed by atoms with Gasteiger partial charge in [0.05, 0.1) is 6.10 Å². The molecule has 2 aromatic carbocycles. The molecule has 1 aromatic heterocycles. The van der Waals surface area contributed by atoms with Crippen LogP contribution in [0.1, 0.15) is 41.5 Å². The summed E-state index contributed by atoms with van der Waals surface area (Å²) in [6.07, 6.45) is -3.34. The third kappa shape index (κ3) is 9.53. The fraction of sp³-hybridized carbons (Fsp3) is 0.214. The Bertz CT molecular complexity index is 1500. The number of nitrogens with one attached hydrogen (secondary N) is 3. The van der Waals surface area contributed by atoms with Crippen molar-refractivity contribution in [2.24, 2.45) is 10.7 Å². The maximum absolute atomic E-state index is 13.3. The van der Waals surface area contributed by atoms with Crippen LogP contribution in [0, 0.1) is 0 Å². The Morgan fingerprint density at radius 1 is 1.16 bits per heavy atom. The number of carbonyl (C=O) groups is 2. The molecule has 0 fully saturated rings. The number of aliphatic imine (C=N–C) groups is 1. The maximum Gasteiger partial charge on any atom is 0.448 e. The molecule has 0 aliphatic carbocycles. The molecule has 43 heavy (non-hydrogen) atoms. The zero-order valence-electron chi connectivity index (χ0n) is 22.9. The predicted octanol–water partition coefficient (Wildman–Crippen LogP) is 4.81. The highest BCUT2D eigenvalue weighted by atomic mass is 35.5. The van der Waals surface area contributed by atoms with E-state index in [1.54, 1.807) is 48.5 Å². The van der Waals surface area contributed by atoms with Crippen LogP contribution in [0.2, 0.25) is 5.02 Å². The first-order valence-corrected chi connectivity index (χ1v) is 12.9. The van der Waals surface area contributed by atoms with Gasteiger partial charge >= 0.3 is 6.18 Å². The number of aromatic nitrogens is 1. The van der Waals surface area contributed by atoms with E-state index < -0.39 is 29.8 Å². The number of ether oxygens (including phenoxy) is 2. The average Bonchev–Trinajstić information content (AvgIpc) is 2.96. The molecule has 228 valence electrons. The molecule has 3 aromatic rings. The lowest BCUT2D eigenvalue weighted by atomic mass is 10.0. The summed E-state index contributed by atoms with van der Waals surface area (Å²) in [5.74, 6) is -1.69. The first kappa shape index (κ1) is 32.5. The Balaban J connectivity index is 0.000000646. The lowest BCUT2D eigenvalue weighted by molar-refractivity contribution is -0.122. The fourth-order valence-electron chi connectivity index (χ4n) is 3.42. The second-order valence-corrected chi connectivity index (χ2v) is 9.53. The summed E-state index contributed by atoms with van der Waals surface area (Å²) < 4.78 is 44.2. The summed E-state index contributed by atoms with van der Waals surface area (Å²) in [4.78, 5) is 34.0. The monoisotopic (exact) mass is 620 g/mol. The molecule has 1 atom stereocenters. The van der Waals surface area contributed by atoms with Gasteiger partial charge in [-0.25, -0.2) is 4.99 Å². The molecule has 4 bridgehead atoms. The molecule has 1 unspecified atom stereocenters. The summed E-state index contributed by atoms with van der Waals surface area (Å²) in [6.45, 7) is 6.01. The van der Waals surface area contributed by atoms with Crippen LogP contribution in [-0.4, -0.2) is 46.8 Å². The van der Waals surface area contributed by atoms with Gasteiger partial charge < -0.3 is 25.6 Å². The number of alkyl halides is 3. The Kier molecular flexibility index (Phi) is 10.8. The van der Waals surface area contributed by atoms with Crippen LogP contribution in [0.25, 0.3) is 0 Å². The highest BCUT2D eigenvalue weighted by Gasteiger charge is 2.31. The molecule has 0 spiro atoms. The van der Waals surface area contributed by atoms with Gasteiger partial charge in [0.2, 0.25) is 0 Å². The number of rotatable bonds is 4. The van der Waals surface area contributed by atoms with Gasteiger partial charge in [0.25, 0.3) is 11.8 Å². The van der Waals surface area contributed by atoms with Crippen molar-refractivity contribution in [2.45, 2.75) is 32.2 Å². The van der Waals surface area contributed by atoms with Crippen LogP contribution >= 0.6 is 11.6 Å². The lowest BCUT2D eigenvalue weighted by Crippen LogP contribution is -2.45. The summed E-state index contributed by atoms with van der Waals surface area (Å²) in [5.41, 5.74) is 12.9. The topological polar surface area (TPSA) is 160 Å². The van der Waals surface area contributed by atoms with Crippen LogP contribution in [-0.2, 0) is 4.79 Å². The lowest BCUT2D eigenvalue weighted by Gasteiger charge is -2.22. The maximum atomic E-state index is 13.3. The third-order valence-electron chi connectivity index (χ3n) is 5.45. The molecule has 3 heterocycles. The van der Waals surface area contributed by atoms with E-state index in [-0.39, 0.29) is 18.5 Å². The average molecular weight is 621 g/mol. The number of carbonyl (C=O) groups excluding carboxylic acids is 2. The number of anilines is 1. The Hall–Kier alpha value is -4.98. The SMILES string of the molecule is C=C(O)C(F)(F)F.CC(C)Oc1ccc2cc1OC/N=C(/N)c1ccc(cc1)NC2C(=O)NNC(=O)c1cc(Cl)ccn1. The van der Waals surface area contributed by atoms with Crippen LogP contribution in [0.4, 0.5) is 18.9 Å². The van der Waals surface area contributed by atoms with Crippen molar-refractivity contribution in [2.75, 3.05) is 12.0 Å². The number of hydrogen-bond acceptors (Lipinski definition) is 9. The molecule has 0 saturated heterocycles. The highest BCUT2D eigenvalue weighted by Crippen LogP contribution is 2.33. The number of hydrazine groups is 1. The molecule has 15 heteroatoms. The molecule has 0 radical (unpaired) electrons. The van der Waals surface area contributed by atoms with Gasteiger partial charge in [0.1, 0.15) is 17.6 Å². The minimum absolute atomic E-state index is 0.0432. The van der Waals surface area contributed by atoms with E-state index in [9.17, 15) is 22.8 Å². The van der Waals surface area contributed by atoms with Gasteiger partial charge in [-0.15, -0.1) is 0 Å². The minimum Gasteiger partial charge on any atom is -0.505 e. The van der Waals surface area contributed by atoms with Crippen molar-refractivity contribution in [1.82, 2.24) is 15.8 Å². The number of nitrogens with zero attached hydrogens (tertiary/aromatic N) is 2. The van der Waals surface area contributed by atoms with Crippen molar-refractivity contribution >= 4 is 34.9 Å². The quantitative estimate of drug-likeness (QED) is 0.205. The zero-order chi connectivity index (χ0) is 31.7. The number of nitrogens with two attached hydrogens (primary N) is 1. The number of aliphatic hydroxyl groups excluding tert-OH is 1. The summed E-state index contributed by atoms with van der Waals surface area (Å²) >= 11 is 5.93. The molecule has 2 amide bonds. The largest absolute Gasteiger partial charge is 0.505 e. The molecule has 6 N–H and O–H groups in total. The standard InChI is InChI=1S/C25H25ClN6O4.C3H3F3O/c1-14(2)36-20-8-5-16-11-21(20)35-13-29-23(27)15-3-6-18(7-4-15)30-22(16)25(34)32-31-24(33)19-12-17(26)9-10-28-19;1-2(7)3(4,5)6/h3-12,14,22,30H,13H2,1-2H3,(H2,27,29)(H,31,33)(H,32,34);7H,1H2. The summed E-state index contributed by atoms with van der Waals surface area (Å²) in [5, 5.41) is 11.1. The highest BCUT2D eigenvalue weighted by molar-refractivity contribution is 6.30. The van der Waals surface area contributed by atoms with Crippen LogP contribution < -0.4 is 31.4 Å². The Morgan fingerprint density at radius 3 is 2.44 bits per heavy atom. The van der Waals surface area contributed by atoms with E-state index in [2.05, 4.69) is 32.7 Å². The molecule has 11 nitrogen and oxygen atoms in total. The Labute approximate surface area is 249 Å². The van der Waals surface area contributed by atoms with Gasteiger partial charge in [0.15, 0.2) is 24.0 Å². The normalized spacial score (nSPS) is 15.4. The number of amidine groups is 1. The van der Waals surface area contributed by atoms with E-state index in [1.807, 2.05) is 13.8 Å². The number of allylic oxidation sites excluding steroid dienone is 1. The van der Waals surface area contributed by atoms with E-state index >= 15 is 0 Å². The smallest absolute Gasteiger partial charge is 0.448 e. The molecule has 0 saturated carbocycles. The number of halogens is 4. The van der Waals surface area contributed by atoms with Crippen molar-refractivity contribution in [3.8, 4) is 11.5 Å². The number of aliphatic hydroxyl groups is 1. The van der Waals surface area contributed by atoms with Gasteiger partial charge in [0, 0.05) is 22.5 Å². The molecule has 2 aliphatic rings.